The second kappa shape index (κ2) is 6.97. The third kappa shape index (κ3) is 2.87. The molecule has 0 amide bonds. The number of carboxylic acids is 1. The van der Waals surface area contributed by atoms with E-state index in [0.29, 0.717) is 11.3 Å². The molecular weight excluding hydrogens is 350 g/mol. The number of nitriles is 1. The Kier molecular flexibility index (Phi) is 4.48. The first-order chi connectivity index (χ1) is 13.5. The Bertz CT molecular complexity index is 1160. The summed E-state index contributed by atoms with van der Waals surface area (Å²) >= 11 is 0. The van der Waals surface area contributed by atoms with Crippen LogP contribution in [0.15, 0.2) is 36.4 Å². The van der Waals surface area contributed by atoms with Crippen LogP contribution < -0.4 is 0 Å². The molecule has 1 aliphatic carbocycles. The first kappa shape index (κ1) is 18.0. The molecule has 4 rings (SSSR count). The second-order valence-corrected chi connectivity index (χ2v) is 7.30. The van der Waals surface area contributed by atoms with Gasteiger partial charge in [0.1, 0.15) is 11.7 Å². The summed E-state index contributed by atoms with van der Waals surface area (Å²) in [5, 5.41) is 19.9. The average Bonchev–Trinajstić information content (AvgIpc) is 2.99. The van der Waals surface area contributed by atoms with Crippen LogP contribution in [-0.2, 0) is 11.2 Å². The van der Waals surface area contributed by atoms with E-state index in [-0.39, 0.29) is 6.04 Å². The van der Waals surface area contributed by atoms with Gasteiger partial charge in [0.25, 0.3) is 0 Å². The lowest BCUT2D eigenvalue weighted by Crippen LogP contribution is -2.19. The summed E-state index contributed by atoms with van der Waals surface area (Å²) in [5.74, 6) is -1.04. The molecule has 0 saturated heterocycles. The highest BCUT2D eigenvalue weighted by Crippen LogP contribution is 2.39. The lowest BCUT2D eigenvalue weighted by molar-refractivity contribution is -0.131. The van der Waals surface area contributed by atoms with E-state index in [1.54, 1.807) is 0 Å². The van der Waals surface area contributed by atoms with Crippen LogP contribution in [0.5, 0.6) is 0 Å². The zero-order chi connectivity index (χ0) is 19.8. The van der Waals surface area contributed by atoms with Crippen molar-refractivity contribution < 1.29 is 9.90 Å². The van der Waals surface area contributed by atoms with Gasteiger partial charge in [0.2, 0.25) is 0 Å². The van der Waals surface area contributed by atoms with Crippen molar-refractivity contribution in [1.29, 1.82) is 5.26 Å². The number of carbonyl (C=O) groups is 1. The number of nitrogens with zero attached hydrogens (tertiary/aromatic N) is 3. The molecule has 0 spiro atoms. The topological polar surface area (TPSA) is 78.9 Å². The molecule has 28 heavy (non-hydrogen) atoms. The monoisotopic (exact) mass is 371 g/mol. The van der Waals surface area contributed by atoms with E-state index in [0.717, 1.165) is 47.6 Å². The molecule has 1 aliphatic rings. The van der Waals surface area contributed by atoms with Crippen LogP contribution in [0.25, 0.3) is 17.1 Å². The average molecular weight is 371 g/mol. The number of benzene rings is 1. The number of aromatic nitrogens is 2. The van der Waals surface area contributed by atoms with E-state index < -0.39 is 5.97 Å². The third-order valence-corrected chi connectivity index (χ3v) is 5.46. The lowest BCUT2D eigenvalue weighted by atomic mass is 9.87. The number of fused-ring (bicyclic) bond motifs is 2. The van der Waals surface area contributed by atoms with E-state index in [1.807, 2.05) is 32.0 Å². The number of aryl methyl sites for hydroxylation is 3. The lowest BCUT2D eigenvalue weighted by Gasteiger charge is -2.28. The van der Waals surface area contributed by atoms with Crippen LogP contribution in [-0.4, -0.2) is 20.6 Å². The van der Waals surface area contributed by atoms with Gasteiger partial charge in [-0.05, 0) is 61.9 Å². The van der Waals surface area contributed by atoms with Crippen LogP contribution in [0, 0.1) is 25.2 Å². The first-order valence-electron chi connectivity index (χ1n) is 9.42. The highest BCUT2D eigenvalue weighted by molar-refractivity contribution is 5.94. The second-order valence-electron chi connectivity index (χ2n) is 7.30. The van der Waals surface area contributed by atoms with E-state index in [9.17, 15) is 15.2 Å². The first-order valence-corrected chi connectivity index (χ1v) is 9.42. The maximum absolute atomic E-state index is 11.2. The summed E-state index contributed by atoms with van der Waals surface area (Å²) in [5.41, 5.74) is 6.24. The highest BCUT2D eigenvalue weighted by atomic mass is 16.4. The van der Waals surface area contributed by atoms with Crippen LogP contribution in [0.1, 0.15) is 52.5 Å². The molecule has 2 heterocycles. The van der Waals surface area contributed by atoms with E-state index in [4.69, 9.17) is 4.98 Å². The van der Waals surface area contributed by atoms with Crippen molar-refractivity contribution in [2.75, 3.05) is 0 Å². The van der Waals surface area contributed by atoms with Crippen molar-refractivity contribution in [3.8, 4) is 6.07 Å². The Morgan fingerprint density at radius 3 is 2.89 bits per heavy atom. The van der Waals surface area contributed by atoms with Crippen molar-refractivity contribution in [2.24, 2.45) is 0 Å². The molecule has 0 fully saturated rings. The quantitative estimate of drug-likeness (QED) is 0.685. The van der Waals surface area contributed by atoms with Gasteiger partial charge in [0.15, 0.2) is 0 Å². The molecule has 2 aromatic heterocycles. The third-order valence-electron chi connectivity index (χ3n) is 5.46. The molecule has 3 aromatic rings. The van der Waals surface area contributed by atoms with Gasteiger partial charge in [-0.2, -0.15) is 5.26 Å². The van der Waals surface area contributed by atoms with Crippen molar-refractivity contribution in [3.05, 3.63) is 70.0 Å². The van der Waals surface area contributed by atoms with Crippen LogP contribution in [0.2, 0.25) is 0 Å². The van der Waals surface area contributed by atoms with Crippen molar-refractivity contribution in [2.45, 2.75) is 39.2 Å². The minimum absolute atomic E-state index is 0.0247. The normalized spacial score (nSPS) is 16.2. The standard InChI is InChI=1S/C23H21N3O2/c1-14-12-15(2)25-23-22(14)18(13-24)20(10-11-21(27)28)26(23)19-9-5-7-16-6-3-4-8-17(16)19/h3-4,6,8,10-12,19H,5,7,9H2,1-2H3,(H,27,28)/t19-/m0/s1. The highest BCUT2D eigenvalue weighted by Gasteiger charge is 2.28. The Morgan fingerprint density at radius 1 is 1.36 bits per heavy atom. The van der Waals surface area contributed by atoms with Crippen LogP contribution in [0.3, 0.4) is 0 Å². The van der Waals surface area contributed by atoms with Gasteiger partial charge in [-0.1, -0.05) is 24.3 Å². The number of rotatable bonds is 3. The predicted octanol–water partition coefficient (Wildman–Crippen LogP) is 4.55. The maximum atomic E-state index is 11.2. The van der Waals surface area contributed by atoms with E-state index >= 15 is 0 Å². The van der Waals surface area contributed by atoms with Crippen LogP contribution in [0.4, 0.5) is 0 Å². The maximum Gasteiger partial charge on any atom is 0.328 e. The zero-order valence-electron chi connectivity index (χ0n) is 15.9. The molecular formula is C23H21N3O2. The predicted molar refractivity (Wildman–Crippen MR) is 108 cm³/mol. The van der Waals surface area contributed by atoms with Gasteiger partial charge >= 0.3 is 5.97 Å². The molecule has 5 nitrogen and oxygen atoms in total. The smallest absolute Gasteiger partial charge is 0.328 e. The molecule has 0 aliphatic heterocycles. The minimum atomic E-state index is -1.04. The van der Waals surface area contributed by atoms with Gasteiger partial charge in [0.05, 0.1) is 17.3 Å². The fourth-order valence-electron chi connectivity index (χ4n) is 4.40. The summed E-state index contributed by atoms with van der Waals surface area (Å²) in [6.45, 7) is 3.92. The van der Waals surface area contributed by atoms with E-state index in [2.05, 4.69) is 22.8 Å². The van der Waals surface area contributed by atoms with Gasteiger partial charge < -0.3 is 9.67 Å². The molecule has 5 heteroatoms. The minimum Gasteiger partial charge on any atom is -0.478 e. The number of carboxylic acid groups (broad SMARTS) is 1. The van der Waals surface area contributed by atoms with Gasteiger partial charge in [-0.15, -0.1) is 0 Å². The SMILES string of the molecule is Cc1cc(C)c2c(C#N)c(C=CC(=O)O)n([C@H]3CCCc4ccccc43)c2n1. The van der Waals surface area contributed by atoms with Crippen molar-refractivity contribution in [3.63, 3.8) is 0 Å². The molecule has 140 valence electrons. The number of aliphatic carboxylic acids is 1. The molecule has 0 bridgehead atoms. The molecule has 1 atom stereocenters. The summed E-state index contributed by atoms with van der Waals surface area (Å²) < 4.78 is 2.07. The molecule has 0 saturated carbocycles. The summed E-state index contributed by atoms with van der Waals surface area (Å²) in [4.78, 5) is 16.0. The fraction of sp³-hybridized carbons (Fsp3) is 0.261. The van der Waals surface area contributed by atoms with E-state index in [1.165, 1.54) is 17.2 Å². The Labute approximate surface area is 163 Å². The molecule has 0 radical (unpaired) electrons. The van der Waals surface area contributed by atoms with Gasteiger partial charge in [0, 0.05) is 17.2 Å². The van der Waals surface area contributed by atoms with Gasteiger partial charge in [-0.25, -0.2) is 9.78 Å². The zero-order valence-corrected chi connectivity index (χ0v) is 15.9. The Morgan fingerprint density at radius 2 is 2.14 bits per heavy atom. The molecule has 0 unspecified atom stereocenters. The molecule has 1 aromatic carbocycles. The van der Waals surface area contributed by atoms with Crippen molar-refractivity contribution >= 4 is 23.1 Å². The summed E-state index contributed by atoms with van der Waals surface area (Å²) in [7, 11) is 0. The summed E-state index contributed by atoms with van der Waals surface area (Å²) in [6, 6.07) is 12.6. The molecule has 1 N–H and O–H groups in total. The Hall–Kier alpha value is -3.39. The van der Waals surface area contributed by atoms with Crippen molar-refractivity contribution in [1.82, 2.24) is 9.55 Å². The Balaban J connectivity index is 2.09. The number of hydrogen-bond acceptors (Lipinski definition) is 3. The van der Waals surface area contributed by atoms with Gasteiger partial charge in [-0.3, -0.25) is 0 Å². The fourth-order valence-corrected chi connectivity index (χ4v) is 4.40. The van der Waals surface area contributed by atoms with Crippen LogP contribution >= 0.6 is 0 Å². The largest absolute Gasteiger partial charge is 0.478 e. The number of pyridine rings is 1. The summed E-state index contributed by atoms with van der Waals surface area (Å²) in [6.07, 6.45) is 5.63. The number of hydrogen-bond donors (Lipinski definition) is 1.